The fourth-order valence-electron chi connectivity index (χ4n) is 2.60. The number of nitrogens with zero attached hydrogens (tertiary/aromatic N) is 1. The van der Waals surface area contributed by atoms with Crippen LogP contribution in [-0.2, 0) is 16.1 Å². The number of hydrogen-bond donors (Lipinski definition) is 1. The molecule has 0 aliphatic carbocycles. The molecule has 4 nitrogen and oxygen atoms in total. The number of benzene rings is 2. The molecule has 2 amide bonds. The first-order valence-electron chi connectivity index (χ1n) is 7.25. The molecule has 0 bridgehead atoms. The first-order valence-corrected chi connectivity index (χ1v) is 8.04. The second-order valence-corrected chi connectivity index (χ2v) is 6.34. The maximum Gasteiger partial charge on any atom is 0.292 e. The molecule has 1 aliphatic rings. The van der Waals surface area contributed by atoms with Crippen LogP contribution in [-0.4, -0.2) is 17.9 Å². The molecule has 1 heterocycles. The largest absolute Gasteiger partial charge is 0.332 e. The van der Waals surface area contributed by atoms with Crippen LogP contribution in [0.25, 0.3) is 0 Å². The van der Waals surface area contributed by atoms with Crippen LogP contribution in [0.15, 0.2) is 53.0 Å². The van der Waals surface area contributed by atoms with Crippen LogP contribution in [0.5, 0.6) is 0 Å². The third-order valence-electron chi connectivity index (χ3n) is 3.82. The van der Waals surface area contributed by atoms with E-state index in [1.54, 1.807) is 36.4 Å². The van der Waals surface area contributed by atoms with Gasteiger partial charge in [0, 0.05) is 10.0 Å². The molecule has 0 spiro atoms. The average molecular weight is 378 g/mol. The smallest absolute Gasteiger partial charge is 0.292 e. The lowest BCUT2D eigenvalue weighted by Crippen LogP contribution is -2.90. The van der Waals surface area contributed by atoms with Crippen molar-refractivity contribution in [1.82, 2.24) is 0 Å². The van der Waals surface area contributed by atoms with Crippen molar-refractivity contribution in [3.05, 3.63) is 64.4 Å². The summed E-state index contributed by atoms with van der Waals surface area (Å²) in [5.74, 6) is -0.695. The van der Waals surface area contributed by atoms with Gasteiger partial charge in [0.05, 0.1) is 12.1 Å². The third-order valence-corrected chi connectivity index (χ3v) is 4.35. The Morgan fingerprint density at radius 3 is 2.39 bits per heavy atom. The zero-order valence-electron chi connectivity index (χ0n) is 12.2. The Balaban J connectivity index is 1.68. The molecule has 2 aromatic rings. The number of quaternary nitrogens is 1. The molecule has 118 valence electrons. The predicted molar refractivity (Wildman–Crippen MR) is 87.1 cm³/mol. The standard InChI is InChI=1S/C17H14BrFN2O2/c18-12-3-7-14(8-4-12)21-16(22)9-15(17(21)23)20-10-11-1-5-13(19)6-2-11/h1-8,15,20H,9-10H2/p+1. The molecular weight excluding hydrogens is 363 g/mol. The Morgan fingerprint density at radius 1 is 1.09 bits per heavy atom. The maximum absolute atomic E-state index is 12.9. The van der Waals surface area contributed by atoms with Gasteiger partial charge in [-0.3, -0.25) is 9.59 Å². The van der Waals surface area contributed by atoms with Crippen LogP contribution >= 0.6 is 15.9 Å². The highest BCUT2D eigenvalue weighted by Gasteiger charge is 2.42. The lowest BCUT2D eigenvalue weighted by atomic mass is 10.2. The molecule has 23 heavy (non-hydrogen) atoms. The first kappa shape index (κ1) is 15.8. The summed E-state index contributed by atoms with van der Waals surface area (Å²) < 4.78 is 13.8. The van der Waals surface area contributed by atoms with Gasteiger partial charge in [-0.1, -0.05) is 28.1 Å². The number of carbonyl (C=O) groups excluding carboxylic acids is 2. The van der Waals surface area contributed by atoms with Gasteiger partial charge < -0.3 is 5.32 Å². The van der Waals surface area contributed by atoms with E-state index in [1.807, 2.05) is 5.32 Å². The minimum Gasteiger partial charge on any atom is -0.332 e. The third kappa shape index (κ3) is 3.48. The van der Waals surface area contributed by atoms with Crippen LogP contribution in [0.2, 0.25) is 0 Å². The van der Waals surface area contributed by atoms with E-state index >= 15 is 0 Å². The monoisotopic (exact) mass is 377 g/mol. The minimum absolute atomic E-state index is 0.177. The van der Waals surface area contributed by atoms with Crippen molar-refractivity contribution < 1.29 is 19.3 Å². The lowest BCUT2D eigenvalue weighted by Gasteiger charge is -2.14. The number of amides is 2. The molecule has 0 saturated carbocycles. The second kappa shape index (κ2) is 6.60. The number of rotatable bonds is 4. The van der Waals surface area contributed by atoms with E-state index in [0.717, 1.165) is 10.0 Å². The van der Waals surface area contributed by atoms with Gasteiger partial charge in [0.1, 0.15) is 12.4 Å². The van der Waals surface area contributed by atoms with Crippen LogP contribution in [0.3, 0.4) is 0 Å². The minimum atomic E-state index is -0.434. The Hall–Kier alpha value is -2.05. The van der Waals surface area contributed by atoms with Crippen molar-refractivity contribution >= 4 is 33.4 Å². The average Bonchev–Trinajstić information content (AvgIpc) is 2.82. The highest BCUT2D eigenvalue weighted by atomic mass is 79.9. The summed E-state index contributed by atoms with van der Waals surface area (Å²) >= 11 is 3.33. The molecule has 6 heteroatoms. The van der Waals surface area contributed by atoms with Crippen molar-refractivity contribution in [1.29, 1.82) is 0 Å². The molecule has 1 fully saturated rings. The molecule has 1 saturated heterocycles. The molecule has 2 aromatic carbocycles. The van der Waals surface area contributed by atoms with Gasteiger partial charge >= 0.3 is 0 Å². The molecule has 3 rings (SSSR count). The summed E-state index contributed by atoms with van der Waals surface area (Å²) in [4.78, 5) is 25.9. The van der Waals surface area contributed by atoms with Crippen molar-refractivity contribution in [2.45, 2.75) is 19.0 Å². The molecule has 1 unspecified atom stereocenters. The van der Waals surface area contributed by atoms with Crippen LogP contribution < -0.4 is 10.2 Å². The Kier molecular flexibility index (Phi) is 4.54. The number of halogens is 2. The number of imide groups is 1. The van der Waals surface area contributed by atoms with Gasteiger partial charge in [0.25, 0.3) is 5.91 Å². The van der Waals surface area contributed by atoms with Crippen molar-refractivity contribution in [2.75, 3.05) is 4.90 Å². The van der Waals surface area contributed by atoms with E-state index in [-0.39, 0.29) is 24.1 Å². The van der Waals surface area contributed by atoms with E-state index < -0.39 is 6.04 Å². The lowest BCUT2D eigenvalue weighted by molar-refractivity contribution is -0.690. The number of hydrogen-bond acceptors (Lipinski definition) is 2. The topological polar surface area (TPSA) is 54.0 Å². The van der Waals surface area contributed by atoms with E-state index in [0.29, 0.717) is 12.2 Å². The summed E-state index contributed by atoms with van der Waals surface area (Å²) in [7, 11) is 0. The summed E-state index contributed by atoms with van der Waals surface area (Å²) in [6.07, 6.45) is 0.177. The second-order valence-electron chi connectivity index (χ2n) is 5.42. The van der Waals surface area contributed by atoms with E-state index in [2.05, 4.69) is 15.9 Å². The molecule has 1 atom stereocenters. The first-order chi connectivity index (χ1) is 11.0. The van der Waals surface area contributed by atoms with Gasteiger partial charge in [-0.2, -0.15) is 0 Å². The van der Waals surface area contributed by atoms with Gasteiger partial charge in [0.2, 0.25) is 5.91 Å². The molecule has 0 aromatic heterocycles. The van der Waals surface area contributed by atoms with Crippen LogP contribution in [0.4, 0.5) is 10.1 Å². The van der Waals surface area contributed by atoms with Crippen LogP contribution in [0, 0.1) is 5.82 Å². The number of anilines is 1. The van der Waals surface area contributed by atoms with Crippen molar-refractivity contribution in [3.63, 3.8) is 0 Å². The summed E-state index contributed by atoms with van der Waals surface area (Å²) in [5, 5.41) is 1.83. The molecule has 2 N–H and O–H groups in total. The molecular formula is C17H15BrFN2O2+. The van der Waals surface area contributed by atoms with Crippen molar-refractivity contribution in [3.8, 4) is 0 Å². The van der Waals surface area contributed by atoms with E-state index in [4.69, 9.17) is 0 Å². The van der Waals surface area contributed by atoms with E-state index in [1.165, 1.54) is 17.0 Å². The number of nitrogens with two attached hydrogens (primary N) is 1. The zero-order valence-corrected chi connectivity index (χ0v) is 13.8. The van der Waals surface area contributed by atoms with Crippen LogP contribution in [0.1, 0.15) is 12.0 Å². The molecule has 1 aliphatic heterocycles. The maximum atomic E-state index is 12.9. The van der Waals surface area contributed by atoms with Gasteiger partial charge in [-0.15, -0.1) is 0 Å². The highest BCUT2D eigenvalue weighted by Crippen LogP contribution is 2.23. The Bertz CT molecular complexity index is 731. The fraction of sp³-hybridized carbons (Fsp3) is 0.176. The quantitative estimate of drug-likeness (QED) is 0.828. The SMILES string of the molecule is O=C1CC([NH2+]Cc2ccc(F)cc2)C(=O)N1c1ccc(Br)cc1. The Morgan fingerprint density at radius 2 is 1.74 bits per heavy atom. The van der Waals surface area contributed by atoms with Gasteiger partial charge in [-0.05, 0) is 36.4 Å². The summed E-state index contributed by atoms with van der Waals surface area (Å²) in [5.41, 5.74) is 1.50. The van der Waals surface area contributed by atoms with Gasteiger partial charge in [0.15, 0.2) is 6.04 Å². The number of carbonyl (C=O) groups is 2. The predicted octanol–water partition coefficient (Wildman–Crippen LogP) is 1.98. The summed E-state index contributed by atoms with van der Waals surface area (Å²) in [6.45, 7) is 0.526. The normalized spacial score (nSPS) is 17.8. The zero-order chi connectivity index (χ0) is 16.4. The molecule has 0 radical (unpaired) electrons. The van der Waals surface area contributed by atoms with Gasteiger partial charge in [-0.25, -0.2) is 9.29 Å². The fourth-order valence-corrected chi connectivity index (χ4v) is 2.86. The van der Waals surface area contributed by atoms with Crippen molar-refractivity contribution in [2.24, 2.45) is 0 Å². The summed E-state index contributed by atoms with van der Waals surface area (Å²) in [6, 6.07) is 12.8. The highest BCUT2D eigenvalue weighted by molar-refractivity contribution is 9.10. The Labute approximate surface area is 141 Å². The van der Waals surface area contributed by atoms with E-state index in [9.17, 15) is 14.0 Å².